The number of aromatic nitrogens is 1. The first-order chi connectivity index (χ1) is 10.1. The van der Waals surface area contributed by atoms with E-state index in [1.807, 2.05) is 6.20 Å². The normalized spacial score (nSPS) is 11.3. The topological polar surface area (TPSA) is 31.4 Å². The van der Waals surface area contributed by atoms with Gasteiger partial charge in [0.15, 0.2) is 0 Å². The molecular formula is C17H26N4. The highest BCUT2D eigenvalue weighted by atomic mass is 15.2. The van der Waals surface area contributed by atoms with Gasteiger partial charge in [-0.1, -0.05) is 31.2 Å². The van der Waals surface area contributed by atoms with Crippen LogP contribution in [0, 0.1) is 0 Å². The summed E-state index contributed by atoms with van der Waals surface area (Å²) in [5.74, 6) is 1.06. The van der Waals surface area contributed by atoms with Gasteiger partial charge in [-0.15, -0.1) is 0 Å². The van der Waals surface area contributed by atoms with Crippen LogP contribution in [0.4, 0.5) is 5.82 Å². The van der Waals surface area contributed by atoms with E-state index in [2.05, 4.69) is 67.4 Å². The Morgan fingerprint density at radius 1 is 1.05 bits per heavy atom. The Morgan fingerprint density at radius 2 is 1.76 bits per heavy atom. The number of rotatable bonds is 7. The van der Waals surface area contributed by atoms with Crippen LogP contribution >= 0.6 is 0 Å². The molecule has 0 saturated carbocycles. The lowest BCUT2D eigenvalue weighted by Gasteiger charge is -2.22. The average Bonchev–Trinajstić information content (AvgIpc) is 2.50. The number of fused-ring (bicyclic) bond motifs is 1. The Morgan fingerprint density at radius 3 is 2.43 bits per heavy atom. The summed E-state index contributed by atoms with van der Waals surface area (Å²) in [5, 5.41) is 5.91. The predicted octanol–water partition coefficient (Wildman–Crippen LogP) is 2.34. The van der Waals surface area contributed by atoms with Crippen LogP contribution in [0.25, 0.3) is 10.8 Å². The summed E-state index contributed by atoms with van der Waals surface area (Å²) in [6.45, 7) is 5.95. The second kappa shape index (κ2) is 7.38. The van der Waals surface area contributed by atoms with E-state index >= 15 is 0 Å². The molecule has 0 radical (unpaired) electrons. The van der Waals surface area contributed by atoms with Crippen molar-refractivity contribution in [1.82, 2.24) is 15.2 Å². The quantitative estimate of drug-likeness (QED) is 0.846. The molecule has 0 spiro atoms. The third kappa shape index (κ3) is 3.93. The summed E-state index contributed by atoms with van der Waals surface area (Å²) in [5.41, 5.74) is 1.26. The van der Waals surface area contributed by atoms with Gasteiger partial charge in [0, 0.05) is 38.3 Å². The molecule has 1 N–H and O–H groups in total. The fourth-order valence-corrected chi connectivity index (χ4v) is 2.40. The SMILES string of the molecule is CCNCc1cnc(N(C)CCN(C)C)c2ccccc12. The van der Waals surface area contributed by atoms with Crippen LogP contribution in [0.15, 0.2) is 30.5 Å². The molecule has 4 nitrogen and oxygen atoms in total. The van der Waals surface area contributed by atoms with Crippen LogP contribution in [0.3, 0.4) is 0 Å². The zero-order valence-electron chi connectivity index (χ0n) is 13.6. The average molecular weight is 286 g/mol. The first kappa shape index (κ1) is 15.7. The fraction of sp³-hybridized carbons (Fsp3) is 0.471. The van der Waals surface area contributed by atoms with Gasteiger partial charge in [-0.3, -0.25) is 0 Å². The van der Waals surface area contributed by atoms with E-state index in [-0.39, 0.29) is 0 Å². The first-order valence-electron chi connectivity index (χ1n) is 7.56. The maximum atomic E-state index is 4.71. The molecule has 0 fully saturated rings. The third-order valence-corrected chi connectivity index (χ3v) is 3.67. The number of likely N-dealkylation sites (N-methyl/N-ethyl adjacent to an activating group) is 2. The molecule has 0 unspecified atom stereocenters. The van der Waals surface area contributed by atoms with Gasteiger partial charge in [-0.05, 0) is 31.6 Å². The standard InChI is InChI=1S/C17H26N4/c1-5-18-12-14-13-19-17(21(4)11-10-20(2)3)16-9-7-6-8-15(14)16/h6-9,13,18H,5,10-12H2,1-4H3. The van der Waals surface area contributed by atoms with Crippen LogP contribution in [0.5, 0.6) is 0 Å². The number of nitrogens with one attached hydrogen (secondary N) is 1. The largest absolute Gasteiger partial charge is 0.358 e. The van der Waals surface area contributed by atoms with Crippen molar-refractivity contribution < 1.29 is 0 Å². The monoisotopic (exact) mass is 286 g/mol. The smallest absolute Gasteiger partial charge is 0.136 e. The Bertz CT molecular complexity index is 580. The summed E-state index contributed by atoms with van der Waals surface area (Å²) in [6, 6.07) is 8.54. The number of benzene rings is 1. The number of hydrogen-bond acceptors (Lipinski definition) is 4. The van der Waals surface area contributed by atoms with E-state index in [0.29, 0.717) is 0 Å². The maximum Gasteiger partial charge on any atom is 0.136 e. The van der Waals surface area contributed by atoms with Crippen molar-refractivity contribution in [3.05, 3.63) is 36.0 Å². The predicted molar refractivity (Wildman–Crippen MR) is 90.9 cm³/mol. The molecule has 114 valence electrons. The van der Waals surface area contributed by atoms with Crippen molar-refractivity contribution in [1.29, 1.82) is 0 Å². The summed E-state index contributed by atoms with van der Waals surface area (Å²) in [4.78, 5) is 9.13. The molecule has 0 bridgehead atoms. The zero-order valence-corrected chi connectivity index (χ0v) is 13.6. The van der Waals surface area contributed by atoms with Gasteiger partial charge >= 0.3 is 0 Å². The van der Waals surface area contributed by atoms with E-state index in [9.17, 15) is 0 Å². The molecule has 0 aliphatic carbocycles. The van der Waals surface area contributed by atoms with E-state index in [1.165, 1.54) is 16.3 Å². The van der Waals surface area contributed by atoms with Crippen LogP contribution in [-0.2, 0) is 6.54 Å². The highest BCUT2D eigenvalue weighted by Crippen LogP contribution is 2.26. The van der Waals surface area contributed by atoms with Crippen molar-refractivity contribution in [3.63, 3.8) is 0 Å². The highest BCUT2D eigenvalue weighted by molar-refractivity contribution is 5.94. The van der Waals surface area contributed by atoms with E-state index in [0.717, 1.165) is 32.0 Å². The third-order valence-electron chi connectivity index (χ3n) is 3.67. The minimum Gasteiger partial charge on any atom is -0.358 e. The molecule has 1 aromatic carbocycles. The highest BCUT2D eigenvalue weighted by Gasteiger charge is 2.10. The fourth-order valence-electron chi connectivity index (χ4n) is 2.40. The van der Waals surface area contributed by atoms with Gasteiger partial charge < -0.3 is 15.1 Å². The lowest BCUT2D eigenvalue weighted by molar-refractivity contribution is 0.416. The summed E-state index contributed by atoms with van der Waals surface area (Å²) in [6.07, 6.45) is 2.01. The van der Waals surface area contributed by atoms with Crippen LogP contribution < -0.4 is 10.2 Å². The van der Waals surface area contributed by atoms with Crippen LogP contribution in [0.2, 0.25) is 0 Å². The van der Waals surface area contributed by atoms with Gasteiger partial charge in [0.25, 0.3) is 0 Å². The van der Waals surface area contributed by atoms with Crippen molar-refractivity contribution in [2.24, 2.45) is 0 Å². The molecule has 0 amide bonds. The van der Waals surface area contributed by atoms with Gasteiger partial charge in [-0.2, -0.15) is 0 Å². The molecular weight excluding hydrogens is 260 g/mol. The zero-order chi connectivity index (χ0) is 15.2. The second-order valence-electron chi connectivity index (χ2n) is 5.66. The van der Waals surface area contributed by atoms with Gasteiger partial charge in [0.1, 0.15) is 5.82 Å². The van der Waals surface area contributed by atoms with E-state index in [4.69, 9.17) is 4.98 Å². The summed E-state index contributed by atoms with van der Waals surface area (Å²) >= 11 is 0. The van der Waals surface area contributed by atoms with Crippen molar-refractivity contribution in [2.75, 3.05) is 45.7 Å². The summed E-state index contributed by atoms with van der Waals surface area (Å²) in [7, 11) is 6.31. The summed E-state index contributed by atoms with van der Waals surface area (Å²) < 4.78 is 0. The Labute approximate surface area is 127 Å². The molecule has 4 heteroatoms. The molecule has 21 heavy (non-hydrogen) atoms. The molecule has 0 aliphatic rings. The van der Waals surface area contributed by atoms with Crippen LogP contribution in [-0.4, -0.2) is 50.7 Å². The number of anilines is 1. The van der Waals surface area contributed by atoms with Crippen molar-refractivity contribution in [2.45, 2.75) is 13.5 Å². The van der Waals surface area contributed by atoms with Gasteiger partial charge in [0.2, 0.25) is 0 Å². The lowest BCUT2D eigenvalue weighted by atomic mass is 10.1. The number of hydrogen-bond donors (Lipinski definition) is 1. The molecule has 0 atom stereocenters. The van der Waals surface area contributed by atoms with Gasteiger partial charge in [0.05, 0.1) is 0 Å². The van der Waals surface area contributed by atoms with E-state index in [1.54, 1.807) is 0 Å². The molecule has 0 saturated heterocycles. The second-order valence-corrected chi connectivity index (χ2v) is 5.66. The van der Waals surface area contributed by atoms with E-state index < -0.39 is 0 Å². The molecule has 2 rings (SSSR count). The first-order valence-corrected chi connectivity index (χ1v) is 7.56. The number of nitrogens with zero attached hydrogens (tertiary/aromatic N) is 3. The number of pyridine rings is 1. The van der Waals surface area contributed by atoms with Gasteiger partial charge in [-0.25, -0.2) is 4.98 Å². The van der Waals surface area contributed by atoms with Crippen molar-refractivity contribution in [3.8, 4) is 0 Å². The minimum atomic E-state index is 0.867. The minimum absolute atomic E-state index is 0.867. The van der Waals surface area contributed by atoms with Crippen molar-refractivity contribution >= 4 is 16.6 Å². The maximum absolute atomic E-state index is 4.71. The lowest BCUT2D eigenvalue weighted by Crippen LogP contribution is -2.29. The Hall–Kier alpha value is -1.65. The molecule has 1 heterocycles. The Kier molecular flexibility index (Phi) is 5.53. The van der Waals surface area contributed by atoms with Crippen LogP contribution in [0.1, 0.15) is 12.5 Å². The molecule has 0 aliphatic heterocycles. The molecule has 2 aromatic rings. The Balaban J connectivity index is 2.33. The molecule has 1 aromatic heterocycles.